The molecule has 0 unspecified atom stereocenters. The molecule has 0 aromatic carbocycles. The van der Waals surface area contributed by atoms with Crippen molar-refractivity contribution in [3.8, 4) is 0 Å². The highest BCUT2D eigenvalue weighted by atomic mass is 127. The quantitative estimate of drug-likeness (QED) is 0.382. The number of halogens is 1. The number of thiazole rings is 1. The lowest BCUT2D eigenvalue weighted by Gasteiger charge is -2.62. The van der Waals surface area contributed by atoms with Crippen LogP contribution < -0.4 is 5.32 Å². The van der Waals surface area contributed by atoms with Gasteiger partial charge in [-0.15, -0.1) is 35.3 Å². The average molecular weight is 506 g/mol. The Labute approximate surface area is 186 Å². The Bertz CT molecular complexity index is 647. The lowest BCUT2D eigenvalue weighted by molar-refractivity contribution is -0.0668. The predicted molar refractivity (Wildman–Crippen MR) is 126 cm³/mol. The summed E-state index contributed by atoms with van der Waals surface area (Å²) in [7, 11) is 1.90. The molecule has 0 amide bonds. The van der Waals surface area contributed by atoms with Crippen molar-refractivity contribution in [2.75, 3.05) is 33.2 Å². The van der Waals surface area contributed by atoms with Gasteiger partial charge in [-0.05, 0) is 52.6 Å². The standard InChI is InChI=1S/C20H35N5S.HI/c1-15-23-17(13-26-15)12-24-9-7-16(8-10-24)11-22-18(21-6)25-14-19(2,3)20(25,4)5;/h13,16H,7-12,14H2,1-6H3,(H,21,22);1H. The lowest BCUT2D eigenvalue weighted by atomic mass is 9.65. The maximum absolute atomic E-state index is 4.60. The summed E-state index contributed by atoms with van der Waals surface area (Å²) < 4.78 is 0. The van der Waals surface area contributed by atoms with E-state index in [0.29, 0.717) is 5.41 Å². The minimum Gasteiger partial charge on any atom is -0.356 e. The van der Waals surface area contributed by atoms with E-state index in [-0.39, 0.29) is 29.5 Å². The van der Waals surface area contributed by atoms with Crippen molar-refractivity contribution >= 4 is 41.3 Å². The van der Waals surface area contributed by atoms with E-state index in [2.05, 4.69) is 65.1 Å². The van der Waals surface area contributed by atoms with E-state index in [0.717, 1.165) is 31.5 Å². The van der Waals surface area contributed by atoms with Gasteiger partial charge in [0.05, 0.1) is 10.7 Å². The molecule has 154 valence electrons. The summed E-state index contributed by atoms with van der Waals surface area (Å²) >= 11 is 1.75. The molecule has 27 heavy (non-hydrogen) atoms. The zero-order chi connectivity index (χ0) is 18.9. The van der Waals surface area contributed by atoms with Gasteiger partial charge in [0.15, 0.2) is 5.96 Å². The normalized spacial score (nSPS) is 22.9. The van der Waals surface area contributed by atoms with Gasteiger partial charge in [0.2, 0.25) is 0 Å². The molecule has 7 heteroatoms. The largest absolute Gasteiger partial charge is 0.356 e. The zero-order valence-electron chi connectivity index (χ0n) is 17.7. The van der Waals surface area contributed by atoms with Crippen molar-refractivity contribution < 1.29 is 0 Å². The van der Waals surface area contributed by atoms with E-state index >= 15 is 0 Å². The van der Waals surface area contributed by atoms with Crippen LogP contribution in [0.2, 0.25) is 0 Å². The van der Waals surface area contributed by atoms with Crippen LogP contribution in [-0.4, -0.2) is 59.5 Å². The highest BCUT2D eigenvalue weighted by molar-refractivity contribution is 14.0. The van der Waals surface area contributed by atoms with Crippen molar-refractivity contribution in [2.24, 2.45) is 16.3 Å². The van der Waals surface area contributed by atoms with Gasteiger partial charge in [0, 0.05) is 43.0 Å². The van der Waals surface area contributed by atoms with Gasteiger partial charge in [-0.25, -0.2) is 4.98 Å². The third-order valence-corrected chi connectivity index (χ3v) is 7.48. The molecule has 5 nitrogen and oxygen atoms in total. The summed E-state index contributed by atoms with van der Waals surface area (Å²) in [4.78, 5) is 14.1. The lowest BCUT2D eigenvalue weighted by Crippen LogP contribution is -2.72. The van der Waals surface area contributed by atoms with Crippen LogP contribution in [0.5, 0.6) is 0 Å². The second-order valence-electron chi connectivity index (χ2n) is 9.03. The number of aryl methyl sites for hydroxylation is 1. The number of hydrogen-bond acceptors (Lipinski definition) is 4. The van der Waals surface area contributed by atoms with Crippen LogP contribution in [0, 0.1) is 18.3 Å². The molecule has 1 aromatic rings. The molecule has 2 saturated heterocycles. The molecule has 0 spiro atoms. The molecule has 0 saturated carbocycles. The van der Waals surface area contributed by atoms with E-state index in [1.807, 2.05) is 7.05 Å². The molecule has 2 aliphatic rings. The number of guanidine groups is 1. The molecule has 2 aliphatic heterocycles. The summed E-state index contributed by atoms with van der Waals surface area (Å²) in [6, 6.07) is 0. The molecule has 3 rings (SSSR count). The fourth-order valence-electron chi connectivity index (χ4n) is 3.99. The molecule has 3 heterocycles. The summed E-state index contributed by atoms with van der Waals surface area (Å²) in [6.07, 6.45) is 2.50. The first-order valence-electron chi connectivity index (χ1n) is 9.84. The minimum atomic E-state index is 0. The molecule has 0 bridgehead atoms. The minimum absolute atomic E-state index is 0. The van der Waals surface area contributed by atoms with Crippen LogP contribution in [0.15, 0.2) is 10.4 Å². The summed E-state index contributed by atoms with van der Waals surface area (Å²) in [5.41, 5.74) is 1.72. The topological polar surface area (TPSA) is 43.8 Å². The molecular formula is C20H36IN5S. The maximum Gasteiger partial charge on any atom is 0.194 e. The van der Waals surface area contributed by atoms with E-state index in [1.54, 1.807) is 11.3 Å². The van der Waals surface area contributed by atoms with Gasteiger partial charge in [0.1, 0.15) is 0 Å². The molecule has 0 radical (unpaired) electrons. The van der Waals surface area contributed by atoms with Crippen molar-refractivity contribution in [3.05, 3.63) is 16.1 Å². The number of hydrogen-bond donors (Lipinski definition) is 1. The summed E-state index contributed by atoms with van der Waals surface area (Å²) in [6.45, 7) is 16.9. The molecule has 2 fully saturated rings. The molecular weight excluding hydrogens is 469 g/mol. The zero-order valence-corrected chi connectivity index (χ0v) is 20.9. The monoisotopic (exact) mass is 505 g/mol. The number of piperidine rings is 1. The predicted octanol–water partition coefficient (Wildman–Crippen LogP) is 3.98. The van der Waals surface area contributed by atoms with Gasteiger partial charge in [-0.3, -0.25) is 9.89 Å². The van der Waals surface area contributed by atoms with Crippen LogP contribution in [0.25, 0.3) is 0 Å². The summed E-state index contributed by atoms with van der Waals surface area (Å²) in [5, 5.41) is 7.02. The first-order valence-corrected chi connectivity index (χ1v) is 10.7. The number of rotatable bonds is 4. The smallest absolute Gasteiger partial charge is 0.194 e. The SMILES string of the molecule is CN=C(NCC1CCN(Cc2csc(C)n2)CC1)N1CC(C)(C)C1(C)C.I. The van der Waals surface area contributed by atoms with Crippen molar-refractivity contribution in [1.82, 2.24) is 20.1 Å². The Balaban J connectivity index is 0.00000261. The first-order chi connectivity index (χ1) is 12.2. The average Bonchev–Trinajstić information content (AvgIpc) is 3.00. The van der Waals surface area contributed by atoms with Crippen LogP contribution in [0.1, 0.15) is 51.2 Å². The molecule has 1 N–H and O–H groups in total. The van der Waals surface area contributed by atoms with E-state index in [1.165, 1.54) is 36.6 Å². The number of aliphatic imine (C=N–C) groups is 1. The van der Waals surface area contributed by atoms with Crippen LogP contribution >= 0.6 is 35.3 Å². The van der Waals surface area contributed by atoms with Gasteiger partial charge < -0.3 is 10.2 Å². The van der Waals surface area contributed by atoms with Crippen molar-refractivity contribution in [3.63, 3.8) is 0 Å². The molecule has 1 aromatic heterocycles. The maximum atomic E-state index is 4.60. The third kappa shape index (κ3) is 4.96. The summed E-state index contributed by atoms with van der Waals surface area (Å²) in [5.74, 6) is 1.80. The number of nitrogens with one attached hydrogen (secondary N) is 1. The Hall–Kier alpha value is -0.410. The fourth-order valence-corrected chi connectivity index (χ4v) is 4.59. The number of aromatic nitrogens is 1. The van der Waals surface area contributed by atoms with Gasteiger partial charge in [0.25, 0.3) is 0 Å². The molecule has 0 aliphatic carbocycles. The van der Waals surface area contributed by atoms with Crippen LogP contribution in [0.4, 0.5) is 0 Å². The fraction of sp³-hybridized carbons (Fsp3) is 0.800. The van der Waals surface area contributed by atoms with Gasteiger partial charge in [-0.1, -0.05) is 13.8 Å². The van der Waals surface area contributed by atoms with Crippen LogP contribution in [0.3, 0.4) is 0 Å². The second kappa shape index (κ2) is 8.95. The molecule has 0 atom stereocenters. The Morgan fingerprint density at radius 3 is 2.44 bits per heavy atom. The number of likely N-dealkylation sites (tertiary alicyclic amines) is 2. The van der Waals surface area contributed by atoms with Crippen molar-refractivity contribution in [2.45, 2.75) is 59.5 Å². The first kappa shape index (κ1) is 22.9. The van der Waals surface area contributed by atoms with Crippen LogP contribution in [-0.2, 0) is 6.54 Å². The van der Waals surface area contributed by atoms with E-state index in [9.17, 15) is 0 Å². The van der Waals surface area contributed by atoms with Crippen molar-refractivity contribution in [1.29, 1.82) is 0 Å². The Kier molecular flexibility index (Phi) is 7.58. The number of nitrogens with zero attached hydrogens (tertiary/aromatic N) is 4. The second-order valence-corrected chi connectivity index (χ2v) is 10.1. The van der Waals surface area contributed by atoms with Gasteiger partial charge in [-0.2, -0.15) is 0 Å². The third-order valence-electron chi connectivity index (χ3n) is 6.66. The highest BCUT2D eigenvalue weighted by Gasteiger charge is 2.53. The van der Waals surface area contributed by atoms with Gasteiger partial charge >= 0.3 is 0 Å². The Morgan fingerprint density at radius 2 is 1.96 bits per heavy atom. The highest BCUT2D eigenvalue weighted by Crippen LogP contribution is 2.46. The Morgan fingerprint density at radius 1 is 1.30 bits per heavy atom. The van der Waals surface area contributed by atoms with E-state index < -0.39 is 0 Å². The van der Waals surface area contributed by atoms with E-state index in [4.69, 9.17) is 0 Å².